The lowest BCUT2D eigenvalue weighted by atomic mass is 9.83. The van der Waals surface area contributed by atoms with Crippen molar-refractivity contribution in [1.29, 1.82) is 0 Å². The normalized spacial score (nSPS) is 18.9. The Bertz CT molecular complexity index is 397. The second-order valence-electron chi connectivity index (χ2n) is 6.99. The highest BCUT2D eigenvalue weighted by Crippen LogP contribution is 2.40. The van der Waals surface area contributed by atoms with E-state index >= 15 is 0 Å². The van der Waals surface area contributed by atoms with E-state index in [1.165, 1.54) is 32.1 Å². The molecular weight excluding hydrogens is 236 g/mol. The predicted octanol–water partition coefficient (Wildman–Crippen LogP) is 3.09. The molecule has 2 rings (SSSR count). The van der Waals surface area contributed by atoms with Crippen molar-refractivity contribution in [2.45, 2.75) is 71.9 Å². The van der Waals surface area contributed by atoms with E-state index in [0.717, 1.165) is 18.8 Å². The van der Waals surface area contributed by atoms with Crippen LogP contribution in [0, 0.1) is 5.41 Å². The number of hydrogen-bond donors (Lipinski definition) is 1. The highest BCUT2D eigenvalue weighted by atomic mass is 15.4. The van der Waals surface area contributed by atoms with E-state index in [0.29, 0.717) is 5.41 Å². The zero-order valence-electron chi connectivity index (χ0n) is 12.9. The molecule has 1 aliphatic carbocycles. The van der Waals surface area contributed by atoms with Gasteiger partial charge in [0.05, 0.1) is 17.4 Å². The van der Waals surface area contributed by atoms with Gasteiger partial charge in [-0.15, -0.1) is 5.10 Å². The molecule has 0 unspecified atom stereocenters. The van der Waals surface area contributed by atoms with E-state index in [9.17, 15) is 0 Å². The van der Waals surface area contributed by atoms with Gasteiger partial charge in [0.1, 0.15) is 0 Å². The summed E-state index contributed by atoms with van der Waals surface area (Å²) in [6.07, 6.45) is 8.90. The fraction of sp³-hybridized carbons (Fsp3) is 0.867. The Labute approximate surface area is 117 Å². The average Bonchev–Trinajstić information content (AvgIpc) is 2.97. The Balaban J connectivity index is 1.84. The first kappa shape index (κ1) is 14.5. The molecule has 0 amide bonds. The van der Waals surface area contributed by atoms with E-state index in [2.05, 4.69) is 49.5 Å². The molecule has 1 aliphatic rings. The van der Waals surface area contributed by atoms with Gasteiger partial charge in [-0.2, -0.15) is 0 Å². The van der Waals surface area contributed by atoms with Crippen LogP contribution in [0.4, 0.5) is 0 Å². The molecule has 0 saturated heterocycles. The second-order valence-corrected chi connectivity index (χ2v) is 6.99. The highest BCUT2D eigenvalue weighted by molar-refractivity contribution is 4.95. The number of hydrogen-bond acceptors (Lipinski definition) is 3. The second kappa shape index (κ2) is 5.61. The molecule has 1 saturated carbocycles. The summed E-state index contributed by atoms with van der Waals surface area (Å²) in [6.45, 7) is 10.7. The summed E-state index contributed by atoms with van der Waals surface area (Å²) in [5.41, 5.74) is 1.60. The van der Waals surface area contributed by atoms with Crippen LogP contribution >= 0.6 is 0 Å². The Hall–Kier alpha value is -0.900. The van der Waals surface area contributed by atoms with E-state index in [4.69, 9.17) is 0 Å². The van der Waals surface area contributed by atoms with Gasteiger partial charge in [0.25, 0.3) is 0 Å². The van der Waals surface area contributed by atoms with Crippen LogP contribution in [0.25, 0.3) is 0 Å². The van der Waals surface area contributed by atoms with Gasteiger partial charge in [-0.3, -0.25) is 0 Å². The molecule has 0 aromatic carbocycles. The third-order valence-electron chi connectivity index (χ3n) is 4.45. The summed E-state index contributed by atoms with van der Waals surface area (Å²) in [5.74, 6) is 0. The molecule has 0 atom stereocenters. The third-order valence-corrected chi connectivity index (χ3v) is 4.45. The number of nitrogens with one attached hydrogen (secondary N) is 1. The summed E-state index contributed by atoms with van der Waals surface area (Å²) in [4.78, 5) is 0. The van der Waals surface area contributed by atoms with Gasteiger partial charge in [0.15, 0.2) is 0 Å². The SMILES string of the molecule is CCC1(CNCc2cn(C(C)(C)C)nn2)CCCC1. The average molecular weight is 264 g/mol. The molecule has 0 spiro atoms. The smallest absolute Gasteiger partial charge is 0.0965 e. The molecule has 4 heteroatoms. The van der Waals surface area contributed by atoms with Crippen LogP contribution in [0.5, 0.6) is 0 Å². The largest absolute Gasteiger partial charge is 0.311 e. The molecule has 1 N–H and O–H groups in total. The fourth-order valence-electron chi connectivity index (χ4n) is 2.94. The Morgan fingerprint density at radius 2 is 2.00 bits per heavy atom. The van der Waals surface area contributed by atoms with E-state index < -0.39 is 0 Å². The zero-order chi connectivity index (χ0) is 13.9. The number of rotatable bonds is 5. The lowest BCUT2D eigenvalue weighted by Crippen LogP contribution is -2.31. The maximum atomic E-state index is 4.25. The molecular formula is C15H28N4. The topological polar surface area (TPSA) is 42.7 Å². The maximum Gasteiger partial charge on any atom is 0.0965 e. The molecule has 19 heavy (non-hydrogen) atoms. The molecule has 0 radical (unpaired) electrons. The van der Waals surface area contributed by atoms with Crippen molar-refractivity contribution in [3.8, 4) is 0 Å². The minimum Gasteiger partial charge on any atom is -0.311 e. The highest BCUT2D eigenvalue weighted by Gasteiger charge is 2.31. The van der Waals surface area contributed by atoms with Crippen LogP contribution in [0.3, 0.4) is 0 Å². The third kappa shape index (κ3) is 3.56. The first-order valence-electron chi connectivity index (χ1n) is 7.58. The first-order valence-corrected chi connectivity index (χ1v) is 7.58. The Kier molecular flexibility index (Phi) is 4.29. The van der Waals surface area contributed by atoms with Gasteiger partial charge in [-0.1, -0.05) is 25.0 Å². The zero-order valence-corrected chi connectivity index (χ0v) is 12.9. The van der Waals surface area contributed by atoms with Gasteiger partial charge < -0.3 is 5.32 Å². The van der Waals surface area contributed by atoms with Gasteiger partial charge in [0, 0.05) is 13.1 Å². The lowest BCUT2D eigenvalue weighted by molar-refractivity contribution is 0.268. The molecule has 108 valence electrons. The van der Waals surface area contributed by atoms with Crippen molar-refractivity contribution in [3.05, 3.63) is 11.9 Å². The number of aromatic nitrogens is 3. The summed E-state index contributed by atoms with van der Waals surface area (Å²) in [5, 5.41) is 12.0. The molecule has 0 bridgehead atoms. The van der Waals surface area contributed by atoms with Crippen molar-refractivity contribution in [1.82, 2.24) is 20.3 Å². The van der Waals surface area contributed by atoms with Crippen molar-refractivity contribution in [2.75, 3.05) is 6.54 Å². The van der Waals surface area contributed by atoms with Crippen LogP contribution in [0.15, 0.2) is 6.20 Å². The number of nitrogens with zero attached hydrogens (tertiary/aromatic N) is 3. The molecule has 0 aliphatic heterocycles. The molecule has 4 nitrogen and oxygen atoms in total. The molecule has 1 fully saturated rings. The molecule has 1 aromatic heterocycles. The minimum atomic E-state index is 0.0152. The minimum absolute atomic E-state index is 0.0152. The van der Waals surface area contributed by atoms with Crippen molar-refractivity contribution in [3.63, 3.8) is 0 Å². The lowest BCUT2D eigenvalue weighted by Gasteiger charge is -2.27. The standard InChI is InChI=1S/C15H28N4/c1-5-15(8-6-7-9-15)12-16-10-13-11-19(18-17-13)14(2,3)4/h11,16H,5-10,12H2,1-4H3. The van der Waals surface area contributed by atoms with Gasteiger partial charge in [-0.05, 0) is 45.4 Å². The van der Waals surface area contributed by atoms with Crippen LogP contribution in [-0.4, -0.2) is 21.5 Å². The van der Waals surface area contributed by atoms with E-state index in [-0.39, 0.29) is 5.54 Å². The van der Waals surface area contributed by atoms with E-state index in [1.807, 2.05) is 4.68 Å². The van der Waals surface area contributed by atoms with Gasteiger partial charge in [-0.25, -0.2) is 4.68 Å². The summed E-state index contributed by atoms with van der Waals surface area (Å²) in [6, 6.07) is 0. The summed E-state index contributed by atoms with van der Waals surface area (Å²) in [7, 11) is 0. The summed E-state index contributed by atoms with van der Waals surface area (Å²) < 4.78 is 1.94. The van der Waals surface area contributed by atoms with Crippen LogP contribution in [0.2, 0.25) is 0 Å². The van der Waals surface area contributed by atoms with Gasteiger partial charge in [0.2, 0.25) is 0 Å². The van der Waals surface area contributed by atoms with Crippen LogP contribution < -0.4 is 5.32 Å². The molecule has 1 aromatic rings. The van der Waals surface area contributed by atoms with Crippen molar-refractivity contribution < 1.29 is 0 Å². The van der Waals surface area contributed by atoms with Crippen LogP contribution in [0.1, 0.15) is 65.5 Å². The van der Waals surface area contributed by atoms with Crippen molar-refractivity contribution >= 4 is 0 Å². The Morgan fingerprint density at radius 1 is 1.32 bits per heavy atom. The monoisotopic (exact) mass is 264 g/mol. The van der Waals surface area contributed by atoms with E-state index in [1.54, 1.807) is 0 Å². The maximum absolute atomic E-state index is 4.25. The quantitative estimate of drug-likeness (QED) is 0.888. The fourth-order valence-corrected chi connectivity index (χ4v) is 2.94. The molecule has 1 heterocycles. The van der Waals surface area contributed by atoms with Crippen LogP contribution in [-0.2, 0) is 12.1 Å². The first-order chi connectivity index (χ1) is 8.95. The Morgan fingerprint density at radius 3 is 2.53 bits per heavy atom. The van der Waals surface area contributed by atoms with Gasteiger partial charge >= 0.3 is 0 Å². The van der Waals surface area contributed by atoms with Crippen molar-refractivity contribution in [2.24, 2.45) is 5.41 Å². The summed E-state index contributed by atoms with van der Waals surface area (Å²) >= 11 is 0. The predicted molar refractivity (Wildman–Crippen MR) is 77.9 cm³/mol.